The van der Waals surface area contributed by atoms with Crippen LogP contribution in [0.1, 0.15) is 16.1 Å². The van der Waals surface area contributed by atoms with E-state index in [4.69, 9.17) is 11.6 Å². The fraction of sp³-hybridized carbons (Fsp3) is 0.133. The van der Waals surface area contributed by atoms with Crippen LogP contribution in [0.5, 0.6) is 0 Å². The summed E-state index contributed by atoms with van der Waals surface area (Å²) in [6.07, 6.45) is 1.58. The maximum absolute atomic E-state index is 12.0. The van der Waals surface area contributed by atoms with Gasteiger partial charge in [0.25, 0.3) is 5.91 Å². The number of aromatic nitrogens is 1. The molecule has 0 unspecified atom stereocenters. The smallest absolute Gasteiger partial charge is 0.326 e. The summed E-state index contributed by atoms with van der Waals surface area (Å²) in [5.74, 6) is -1.66. The number of rotatable bonds is 5. The average molecular weight is 384 g/mol. The first-order valence-electron chi connectivity index (χ1n) is 6.36. The van der Waals surface area contributed by atoms with Crippen molar-refractivity contribution in [2.45, 2.75) is 12.5 Å². The van der Waals surface area contributed by atoms with Crippen LogP contribution in [0.3, 0.4) is 0 Å². The van der Waals surface area contributed by atoms with Gasteiger partial charge in [-0.15, -0.1) is 0 Å². The Labute approximate surface area is 140 Å². The monoisotopic (exact) mass is 382 g/mol. The van der Waals surface area contributed by atoms with E-state index in [9.17, 15) is 14.7 Å². The van der Waals surface area contributed by atoms with Gasteiger partial charge < -0.3 is 10.4 Å². The van der Waals surface area contributed by atoms with Crippen LogP contribution >= 0.6 is 27.5 Å². The highest BCUT2D eigenvalue weighted by molar-refractivity contribution is 9.10. The van der Waals surface area contributed by atoms with Crippen molar-refractivity contribution >= 4 is 39.4 Å². The topological polar surface area (TPSA) is 79.3 Å². The third-order valence-electron chi connectivity index (χ3n) is 2.93. The summed E-state index contributed by atoms with van der Waals surface area (Å²) >= 11 is 9.26. The zero-order valence-corrected chi connectivity index (χ0v) is 13.6. The summed E-state index contributed by atoms with van der Waals surface area (Å²) in [6, 6.07) is 8.86. The molecule has 1 aromatic heterocycles. The number of carbonyl (C=O) groups excluding carboxylic acids is 1. The van der Waals surface area contributed by atoms with Gasteiger partial charge in [-0.05, 0) is 35.9 Å². The van der Waals surface area contributed by atoms with E-state index < -0.39 is 17.9 Å². The number of aliphatic carboxylic acids is 1. The van der Waals surface area contributed by atoms with Crippen molar-refractivity contribution in [1.29, 1.82) is 0 Å². The van der Waals surface area contributed by atoms with Crippen LogP contribution in [0.2, 0.25) is 5.02 Å². The quantitative estimate of drug-likeness (QED) is 0.832. The first-order chi connectivity index (χ1) is 10.5. The summed E-state index contributed by atoms with van der Waals surface area (Å²) in [4.78, 5) is 27.3. The van der Waals surface area contributed by atoms with Gasteiger partial charge in [0.15, 0.2) is 0 Å². The molecule has 7 heteroatoms. The Morgan fingerprint density at radius 2 is 2.09 bits per heavy atom. The Hall–Kier alpha value is -1.92. The molecule has 2 N–H and O–H groups in total. The lowest BCUT2D eigenvalue weighted by Crippen LogP contribution is -2.42. The molecule has 0 bridgehead atoms. The summed E-state index contributed by atoms with van der Waals surface area (Å²) in [7, 11) is 0. The molecule has 0 saturated carbocycles. The molecule has 0 fully saturated rings. The lowest BCUT2D eigenvalue weighted by Gasteiger charge is -2.15. The third-order valence-corrected chi connectivity index (χ3v) is 3.94. The molecule has 114 valence electrons. The number of halogens is 2. The molecule has 0 spiro atoms. The summed E-state index contributed by atoms with van der Waals surface area (Å²) in [6.45, 7) is 0. The Morgan fingerprint density at radius 1 is 1.32 bits per heavy atom. The van der Waals surface area contributed by atoms with Gasteiger partial charge in [0, 0.05) is 22.1 Å². The zero-order chi connectivity index (χ0) is 16.1. The van der Waals surface area contributed by atoms with Gasteiger partial charge >= 0.3 is 5.97 Å². The van der Waals surface area contributed by atoms with Gasteiger partial charge in [0.2, 0.25) is 0 Å². The molecular weight excluding hydrogens is 372 g/mol. The maximum Gasteiger partial charge on any atom is 0.326 e. The first-order valence-corrected chi connectivity index (χ1v) is 7.53. The zero-order valence-electron chi connectivity index (χ0n) is 11.3. The molecule has 1 amide bonds. The minimum atomic E-state index is -1.13. The largest absolute Gasteiger partial charge is 0.480 e. The van der Waals surface area contributed by atoms with Crippen molar-refractivity contribution in [2.24, 2.45) is 0 Å². The molecular formula is C15H12BrClN2O3. The van der Waals surface area contributed by atoms with Crippen molar-refractivity contribution in [3.8, 4) is 0 Å². The van der Waals surface area contributed by atoms with Crippen LogP contribution in [0, 0.1) is 0 Å². The number of pyridine rings is 1. The van der Waals surface area contributed by atoms with Crippen LogP contribution in [0.15, 0.2) is 47.1 Å². The standard InChI is InChI=1S/C15H12BrClN2O3/c16-11-5-4-10(17)7-9(11)8-13(15(21)22)19-14(20)12-3-1-2-6-18-12/h1-7,13H,8H2,(H,19,20)(H,21,22)/t13-/m0/s1. The first kappa shape index (κ1) is 16.5. The van der Waals surface area contributed by atoms with E-state index >= 15 is 0 Å². The number of amides is 1. The van der Waals surface area contributed by atoms with Crippen LogP contribution in [0.4, 0.5) is 0 Å². The van der Waals surface area contributed by atoms with Crippen molar-refractivity contribution in [3.63, 3.8) is 0 Å². The molecule has 0 aliphatic carbocycles. The number of carboxylic acids is 1. The van der Waals surface area contributed by atoms with Crippen LogP contribution in [-0.4, -0.2) is 28.0 Å². The maximum atomic E-state index is 12.0. The normalized spacial score (nSPS) is 11.7. The van der Waals surface area contributed by atoms with E-state index in [1.165, 1.54) is 12.3 Å². The highest BCUT2D eigenvalue weighted by Gasteiger charge is 2.22. The molecule has 2 aromatic rings. The third kappa shape index (κ3) is 4.29. The highest BCUT2D eigenvalue weighted by Crippen LogP contribution is 2.22. The van der Waals surface area contributed by atoms with Gasteiger partial charge in [-0.25, -0.2) is 4.79 Å². The van der Waals surface area contributed by atoms with E-state index in [1.54, 1.807) is 30.3 Å². The molecule has 1 aromatic carbocycles. The van der Waals surface area contributed by atoms with Crippen molar-refractivity contribution in [2.75, 3.05) is 0 Å². The van der Waals surface area contributed by atoms with E-state index in [-0.39, 0.29) is 12.1 Å². The molecule has 1 heterocycles. The molecule has 5 nitrogen and oxygen atoms in total. The number of carboxylic acid groups (broad SMARTS) is 1. The van der Waals surface area contributed by atoms with Crippen LogP contribution in [0.25, 0.3) is 0 Å². The number of carbonyl (C=O) groups is 2. The predicted octanol–water partition coefficient (Wildman–Crippen LogP) is 2.92. The second-order valence-electron chi connectivity index (χ2n) is 4.52. The number of nitrogens with one attached hydrogen (secondary N) is 1. The van der Waals surface area contributed by atoms with Crippen LogP contribution in [-0.2, 0) is 11.2 Å². The van der Waals surface area contributed by atoms with E-state index in [1.807, 2.05) is 0 Å². The van der Waals surface area contributed by atoms with Gasteiger partial charge in [-0.1, -0.05) is 33.6 Å². The molecule has 0 radical (unpaired) electrons. The molecule has 1 atom stereocenters. The van der Waals surface area contributed by atoms with Gasteiger partial charge in [-0.2, -0.15) is 0 Å². The molecule has 0 aliphatic rings. The lowest BCUT2D eigenvalue weighted by atomic mass is 10.1. The summed E-state index contributed by atoms with van der Waals surface area (Å²) in [5.41, 5.74) is 0.861. The van der Waals surface area contributed by atoms with E-state index in [2.05, 4.69) is 26.2 Å². The second-order valence-corrected chi connectivity index (χ2v) is 5.81. The minimum absolute atomic E-state index is 0.106. The predicted molar refractivity (Wildman–Crippen MR) is 86.0 cm³/mol. The number of hydrogen-bond acceptors (Lipinski definition) is 3. The SMILES string of the molecule is O=C(N[C@@H](Cc1cc(Cl)ccc1Br)C(=O)O)c1ccccn1. The van der Waals surface area contributed by atoms with Crippen molar-refractivity contribution < 1.29 is 14.7 Å². The molecule has 0 aliphatic heterocycles. The van der Waals surface area contributed by atoms with Gasteiger partial charge in [-0.3, -0.25) is 9.78 Å². The Balaban J connectivity index is 2.15. The molecule has 22 heavy (non-hydrogen) atoms. The fourth-order valence-corrected chi connectivity index (χ4v) is 2.45. The summed E-state index contributed by atoms with van der Waals surface area (Å²) in [5, 5.41) is 12.3. The highest BCUT2D eigenvalue weighted by atomic mass is 79.9. The molecule has 2 rings (SSSR count). The number of benzene rings is 1. The lowest BCUT2D eigenvalue weighted by molar-refractivity contribution is -0.139. The summed E-state index contributed by atoms with van der Waals surface area (Å²) < 4.78 is 0.732. The fourth-order valence-electron chi connectivity index (χ4n) is 1.85. The number of nitrogens with zero attached hydrogens (tertiary/aromatic N) is 1. The van der Waals surface area contributed by atoms with Gasteiger partial charge in [0.1, 0.15) is 11.7 Å². The van der Waals surface area contributed by atoms with Crippen molar-refractivity contribution in [1.82, 2.24) is 10.3 Å². The van der Waals surface area contributed by atoms with Gasteiger partial charge in [0.05, 0.1) is 0 Å². The van der Waals surface area contributed by atoms with E-state index in [0.717, 1.165) is 4.47 Å². The number of hydrogen-bond donors (Lipinski definition) is 2. The van der Waals surface area contributed by atoms with Crippen LogP contribution < -0.4 is 5.32 Å². The average Bonchev–Trinajstić information content (AvgIpc) is 2.50. The minimum Gasteiger partial charge on any atom is -0.480 e. The Morgan fingerprint density at radius 3 is 2.73 bits per heavy atom. The van der Waals surface area contributed by atoms with Crippen molar-refractivity contribution in [3.05, 3.63) is 63.3 Å². The second kappa shape index (κ2) is 7.38. The Bertz CT molecular complexity index is 694. The van der Waals surface area contributed by atoms with E-state index in [0.29, 0.717) is 10.6 Å². The molecule has 0 saturated heterocycles. The Kier molecular flexibility index (Phi) is 5.51.